The fourth-order valence-corrected chi connectivity index (χ4v) is 5.07. The van der Waals surface area contributed by atoms with Crippen molar-refractivity contribution in [2.75, 3.05) is 17.3 Å². The van der Waals surface area contributed by atoms with Crippen molar-refractivity contribution in [2.24, 2.45) is 5.73 Å². The zero-order valence-electron chi connectivity index (χ0n) is 19.6. The molecule has 0 aliphatic heterocycles. The van der Waals surface area contributed by atoms with Crippen LogP contribution < -0.4 is 21.5 Å². The number of benzene rings is 2. The smallest absolute Gasteiger partial charge is 0.0624 e. The SMILES string of the molecule is C=C(Nc1cc(-c2cccs2)ccc1N)c1ccc(CC(CC)NS(=C)(=C)C)cc1.C=CN. The van der Waals surface area contributed by atoms with E-state index in [1.807, 2.05) is 12.1 Å². The first-order valence-corrected chi connectivity index (χ1v) is 14.0. The first-order chi connectivity index (χ1) is 15.7. The van der Waals surface area contributed by atoms with Gasteiger partial charge in [-0.3, -0.25) is 4.72 Å². The van der Waals surface area contributed by atoms with Crippen molar-refractivity contribution in [1.82, 2.24) is 4.72 Å². The standard InChI is InChI=1S/C25H31N3S2.C2H5N/c1-6-22(28-30(3,4)5)16-19-9-11-20(12-10-19)18(2)27-24-17-21(13-14-23(24)26)25-8-7-15-29-25;1-2-3/h7-15,17,22,27-28H,2-4,6,16,26H2,1,5H3;2H,1,3H2. The maximum Gasteiger partial charge on any atom is 0.0624 e. The number of nitrogens with two attached hydrogens (primary N) is 2. The number of anilines is 2. The second kappa shape index (κ2) is 12.3. The van der Waals surface area contributed by atoms with Gasteiger partial charge < -0.3 is 16.8 Å². The molecule has 0 radical (unpaired) electrons. The Morgan fingerprint density at radius 2 is 1.82 bits per heavy atom. The monoisotopic (exact) mass is 480 g/mol. The van der Waals surface area contributed by atoms with E-state index in [4.69, 9.17) is 5.73 Å². The van der Waals surface area contributed by atoms with Gasteiger partial charge in [-0.1, -0.05) is 68.2 Å². The van der Waals surface area contributed by atoms with E-state index in [2.05, 4.69) is 102 Å². The van der Waals surface area contributed by atoms with Crippen LogP contribution in [0.1, 0.15) is 24.5 Å². The Morgan fingerprint density at radius 3 is 2.36 bits per heavy atom. The second-order valence-electron chi connectivity index (χ2n) is 8.02. The van der Waals surface area contributed by atoms with Gasteiger partial charge in [0.25, 0.3) is 0 Å². The van der Waals surface area contributed by atoms with Gasteiger partial charge in [0.05, 0.1) is 11.4 Å². The van der Waals surface area contributed by atoms with Gasteiger partial charge in [0.1, 0.15) is 0 Å². The van der Waals surface area contributed by atoms with E-state index in [1.165, 1.54) is 16.6 Å². The molecule has 1 aromatic heterocycles. The Balaban J connectivity index is 0.00000122. The lowest BCUT2D eigenvalue weighted by atomic mass is 10.0. The average molecular weight is 481 g/mol. The van der Waals surface area contributed by atoms with E-state index >= 15 is 0 Å². The predicted octanol–water partition coefficient (Wildman–Crippen LogP) is 6.29. The highest BCUT2D eigenvalue weighted by Gasteiger charge is 2.09. The summed E-state index contributed by atoms with van der Waals surface area (Å²) < 4.78 is 3.57. The number of nitrogen functional groups attached to an aromatic ring is 1. The van der Waals surface area contributed by atoms with Crippen molar-refractivity contribution < 1.29 is 0 Å². The molecular weight excluding hydrogens is 444 g/mol. The van der Waals surface area contributed by atoms with Crippen LogP contribution in [-0.4, -0.2) is 24.0 Å². The maximum atomic E-state index is 6.20. The van der Waals surface area contributed by atoms with Crippen LogP contribution in [0.2, 0.25) is 0 Å². The molecule has 33 heavy (non-hydrogen) atoms. The van der Waals surface area contributed by atoms with Gasteiger partial charge in [-0.05, 0) is 65.6 Å². The molecular formula is C27H36N4S2. The molecule has 4 nitrogen and oxygen atoms in total. The molecule has 6 N–H and O–H groups in total. The van der Waals surface area contributed by atoms with Crippen molar-refractivity contribution in [3.8, 4) is 10.4 Å². The van der Waals surface area contributed by atoms with Gasteiger partial charge in [-0.25, -0.2) is 0 Å². The molecule has 0 aliphatic carbocycles. The first-order valence-electron chi connectivity index (χ1n) is 10.7. The summed E-state index contributed by atoms with van der Waals surface area (Å²) >= 11 is 1.71. The second-order valence-corrected chi connectivity index (χ2v) is 11.7. The molecule has 3 aromatic rings. The number of hydrogen-bond acceptors (Lipinski definition) is 5. The molecule has 0 aliphatic rings. The van der Waals surface area contributed by atoms with E-state index in [-0.39, 0.29) is 0 Å². The molecule has 0 spiro atoms. The van der Waals surface area contributed by atoms with Gasteiger partial charge in [0.2, 0.25) is 0 Å². The topological polar surface area (TPSA) is 76.1 Å². The Labute approximate surface area is 203 Å². The minimum atomic E-state index is -1.22. The van der Waals surface area contributed by atoms with Gasteiger partial charge in [0.15, 0.2) is 0 Å². The molecule has 3 rings (SSSR count). The Morgan fingerprint density at radius 1 is 1.15 bits per heavy atom. The summed E-state index contributed by atoms with van der Waals surface area (Å²) in [6, 6.07) is 19.2. The summed E-state index contributed by atoms with van der Waals surface area (Å²) in [6.45, 7) is 9.55. The van der Waals surface area contributed by atoms with Crippen LogP contribution in [0, 0.1) is 0 Å². The normalized spacial score (nSPS) is 11.7. The largest absolute Gasteiger partial charge is 0.405 e. The van der Waals surface area contributed by atoms with Gasteiger partial charge in [-0.15, -0.1) is 11.3 Å². The zero-order valence-corrected chi connectivity index (χ0v) is 21.3. The quantitative estimate of drug-likeness (QED) is 0.214. The summed E-state index contributed by atoms with van der Waals surface area (Å²) in [6.07, 6.45) is 5.33. The van der Waals surface area contributed by atoms with E-state index in [0.29, 0.717) is 11.7 Å². The van der Waals surface area contributed by atoms with E-state index < -0.39 is 9.39 Å². The van der Waals surface area contributed by atoms with Crippen LogP contribution in [0.4, 0.5) is 11.4 Å². The lowest BCUT2D eigenvalue weighted by molar-refractivity contribution is 0.607. The molecule has 176 valence electrons. The molecule has 0 saturated carbocycles. The third kappa shape index (κ3) is 8.50. The van der Waals surface area contributed by atoms with Crippen LogP contribution in [0.25, 0.3) is 16.1 Å². The third-order valence-corrected chi connectivity index (χ3v) is 6.69. The van der Waals surface area contributed by atoms with Crippen molar-refractivity contribution in [2.45, 2.75) is 25.8 Å². The zero-order chi connectivity index (χ0) is 24.4. The number of hydrogen-bond donors (Lipinski definition) is 4. The summed E-state index contributed by atoms with van der Waals surface area (Å²) in [7, 11) is -1.22. The van der Waals surface area contributed by atoms with Crippen LogP contribution in [-0.2, 0) is 6.42 Å². The van der Waals surface area contributed by atoms with E-state index in [9.17, 15) is 0 Å². The molecule has 1 unspecified atom stereocenters. The summed E-state index contributed by atoms with van der Waals surface area (Å²) in [5.74, 6) is 8.28. The third-order valence-electron chi connectivity index (χ3n) is 4.87. The van der Waals surface area contributed by atoms with E-state index in [1.54, 1.807) is 11.3 Å². The van der Waals surface area contributed by atoms with Crippen molar-refractivity contribution in [3.63, 3.8) is 0 Å². The van der Waals surface area contributed by atoms with Crippen LogP contribution in [0.5, 0.6) is 0 Å². The number of thiophene rings is 1. The van der Waals surface area contributed by atoms with Crippen LogP contribution in [0.3, 0.4) is 0 Å². The molecule has 1 atom stereocenters. The van der Waals surface area contributed by atoms with Gasteiger partial charge in [0, 0.05) is 16.6 Å². The van der Waals surface area contributed by atoms with Crippen molar-refractivity contribution >= 4 is 49.5 Å². The van der Waals surface area contributed by atoms with Crippen molar-refractivity contribution in [1.29, 1.82) is 0 Å². The summed E-state index contributed by atoms with van der Waals surface area (Å²) in [5, 5.41) is 5.47. The van der Waals surface area contributed by atoms with Crippen LogP contribution in [0.15, 0.2) is 79.3 Å². The molecule has 6 heteroatoms. The highest BCUT2D eigenvalue weighted by Crippen LogP contribution is 2.31. The minimum absolute atomic E-state index is 0.381. The molecule has 0 amide bonds. The Kier molecular flexibility index (Phi) is 9.85. The highest BCUT2D eigenvalue weighted by atomic mass is 32.2. The van der Waals surface area contributed by atoms with Gasteiger partial charge >= 0.3 is 0 Å². The average Bonchev–Trinajstić information content (AvgIpc) is 3.30. The fourth-order valence-electron chi connectivity index (χ4n) is 3.29. The molecule has 0 fully saturated rings. The predicted molar refractivity (Wildman–Crippen MR) is 156 cm³/mol. The van der Waals surface area contributed by atoms with Gasteiger partial charge in [-0.2, -0.15) is 9.39 Å². The Hall–Kier alpha value is -2.93. The number of rotatable bonds is 9. The maximum absolute atomic E-state index is 6.20. The minimum Gasteiger partial charge on any atom is -0.405 e. The van der Waals surface area contributed by atoms with Crippen LogP contribution >= 0.6 is 20.7 Å². The van der Waals surface area contributed by atoms with E-state index in [0.717, 1.165) is 35.4 Å². The fraction of sp³-hybridized carbons (Fsp3) is 0.185. The molecule has 0 saturated heterocycles. The molecule has 2 aromatic carbocycles. The highest BCUT2D eigenvalue weighted by molar-refractivity contribution is 8.25. The lowest BCUT2D eigenvalue weighted by Crippen LogP contribution is -2.27. The molecule has 0 bridgehead atoms. The number of nitrogens with one attached hydrogen (secondary N) is 2. The Bertz CT molecular complexity index is 1150. The molecule has 1 heterocycles. The van der Waals surface area contributed by atoms with Crippen molar-refractivity contribution in [3.05, 3.63) is 90.5 Å². The first kappa shape index (κ1) is 26.3. The summed E-state index contributed by atoms with van der Waals surface area (Å²) in [5.41, 5.74) is 16.7. The lowest BCUT2D eigenvalue weighted by Gasteiger charge is -2.21. The summed E-state index contributed by atoms with van der Waals surface area (Å²) in [4.78, 5) is 1.22.